The van der Waals surface area contributed by atoms with E-state index in [2.05, 4.69) is 30.8 Å². The summed E-state index contributed by atoms with van der Waals surface area (Å²) in [5.74, 6) is 0. The Balaban J connectivity index is 2.28. The molecule has 1 saturated heterocycles. The lowest BCUT2D eigenvalue weighted by atomic mass is 10.2. The van der Waals surface area contributed by atoms with Gasteiger partial charge in [0.15, 0.2) is 0 Å². The van der Waals surface area contributed by atoms with Gasteiger partial charge in [0.25, 0.3) is 0 Å². The quantitative estimate of drug-likeness (QED) is 0.683. The first-order valence-corrected chi connectivity index (χ1v) is 6.88. The van der Waals surface area contributed by atoms with Gasteiger partial charge >= 0.3 is 0 Å². The normalized spacial score (nSPS) is 25.1. The van der Waals surface area contributed by atoms with Gasteiger partial charge in [0, 0.05) is 26.2 Å². The Morgan fingerprint density at radius 1 is 1.12 bits per heavy atom. The van der Waals surface area contributed by atoms with Crippen LogP contribution in [0.2, 0.25) is 0 Å². The largest absolute Gasteiger partial charge is 0.372 e. The Morgan fingerprint density at radius 3 is 2.35 bits per heavy atom. The molecule has 0 aromatic carbocycles. The van der Waals surface area contributed by atoms with Crippen molar-refractivity contribution in [2.45, 2.75) is 38.4 Å². The maximum Gasteiger partial charge on any atom is 0.0707 e. The van der Waals surface area contributed by atoms with Gasteiger partial charge < -0.3 is 15.4 Å². The van der Waals surface area contributed by atoms with E-state index in [1.54, 1.807) is 0 Å². The molecule has 0 aromatic rings. The molecule has 0 spiro atoms. The third kappa shape index (κ3) is 5.82. The van der Waals surface area contributed by atoms with Gasteiger partial charge in [0.1, 0.15) is 0 Å². The first kappa shape index (κ1) is 14.9. The number of likely N-dealkylation sites (N-methyl/N-ethyl adjacent to an activating group) is 1. The van der Waals surface area contributed by atoms with E-state index in [4.69, 9.17) is 10.5 Å². The second kappa shape index (κ2) is 8.03. The van der Waals surface area contributed by atoms with Crippen LogP contribution in [0.4, 0.5) is 0 Å². The number of nitrogens with zero attached hydrogens (tertiary/aromatic N) is 2. The zero-order valence-corrected chi connectivity index (χ0v) is 11.7. The van der Waals surface area contributed by atoms with E-state index in [9.17, 15) is 0 Å². The van der Waals surface area contributed by atoms with Gasteiger partial charge in [0.05, 0.1) is 12.2 Å². The molecule has 17 heavy (non-hydrogen) atoms. The third-order valence-electron chi connectivity index (χ3n) is 3.32. The highest BCUT2D eigenvalue weighted by atomic mass is 16.5. The maximum absolute atomic E-state index is 5.91. The van der Waals surface area contributed by atoms with E-state index >= 15 is 0 Å². The Morgan fingerprint density at radius 2 is 1.82 bits per heavy atom. The van der Waals surface area contributed by atoms with Gasteiger partial charge in [-0.25, -0.2) is 0 Å². The fraction of sp³-hybridized carbons (Fsp3) is 1.00. The zero-order chi connectivity index (χ0) is 12.7. The highest BCUT2D eigenvalue weighted by Gasteiger charge is 2.25. The van der Waals surface area contributed by atoms with Crippen molar-refractivity contribution in [3.05, 3.63) is 0 Å². The summed E-state index contributed by atoms with van der Waals surface area (Å²) >= 11 is 0. The average Bonchev–Trinajstić information content (AvgIpc) is 2.74. The molecule has 0 aromatic heterocycles. The van der Waals surface area contributed by atoms with Crippen molar-refractivity contribution in [3.8, 4) is 0 Å². The zero-order valence-electron chi connectivity index (χ0n) is 11.7. The van der Waals surface area contributed by atoms with Crippen molar-refractivity contribution in [2.24, 2.45) is 5.73 Å². The van der Waals surface area contributed by atoms with Crippen LogP contribution in [0.25, 0.3) is 0 Å². The summed E-state index contributed by atoms with van der Waals surface area (Å²) in [6.07, 6.45) is 4.22. The van der Waals surface area contributed by atoms with Crippen LogP contribution in [0.3, 0.4) is 0 Å². The van der Waals surface area contributed by atoms with Gasteiger partial charge in [-0.1, -0.05) is 6.92 Å². The molecule has 2 unspecified atom stereocenters. The molecule has 2 atom stereocenters. The molecule has 4 nitrogen and oxygen atoms in total. The lowest BCUT2D eigenvalue weighted by molar-refractivity contribution is 0.0260. The van der Waals surface area contributed by atoms with Gasteiger partial charge in [-0.05, 0) is 39.9 Å². The highest BCUT2D eigenvalue weighted by Crippen LogP contribution is 2.19. The van der Waals surface area contributed by atoms with Crippen molar-refractivity contribution in [2.75, 3.05) is 46.8 Å². The molecule has 1 heterocycles. The van der Waals surface area contributed by atoms with E-state index in [-0.39, 0.29) is 0 Å². The number of hydrogen-bond acceptors (Lipinski definition) is 4. The molecule has 0 saturated carbocycles. The summed E-state index contributed by atoms with van der Waals surface area (Å²) in [6.45, 7) is 7.39. The van der Waals surface area contributed by atoms with E-state index < -0.39 is 0 Å². The molecular formula is C13H29N3O. The van der Waals surface area contributed by atoms with Crippen molar-refractivity contribution >= 4 is 0 Å². The van der Waals surface area contributed by atoms with Crippen molar-refractivity contribution in [1.29, 1.82) is 0 Å². The molecule has 4 heteroatoms. The fourth-order valence-electron chi connectivity index (χ4n) is 2.33. The standard InChI is InChI=1S/C13H29N3O/c1-4-7-16(9-8-15(2)3)11-13-6-5-12(10-14)17-13/h12-13H,4-11,14H2,1-3H3. The van der Waals surface area contributed by atoms with Crippen LogP contribution in [0.5, 0.6) is 0 Å². The first-order valence-electron chi connectivity index (χ1n) is 6.88. The third-order valence-corrected chi connectivity index (χ3v) is 3.32. The monoisotopic (exact) mass is 243 g/mol. The van der Waals surface area contributed by atoms with Crippen LogP contribution >= 0.6 is 0 Å². The van der Waals surface area contributed by atoms with Gasteiger partial charge in [-0.2, -0.15) is 0 Å². The van der Waals surface area contributed by atoms with Crippen LogP contribution in [0.1, 0.15) is 26.2 Å². The first-order chi connectivity index (χ1) is 8.15. The second-order valence-electron chi connectivity index (χ2n) is 5.30. The Bertz CT molecular complexity index is 199. The molecule has 1 rings (SSSR count). The molecule has 1 aliphatic heterocycles. The van der Waals surface area contributed by atoms with Crippen LogP contribution in [0, 0.1) is 0 Å². The van der Waals surface area contributed by atoms with Crippen LogP contribution in [-0.2, 0) is 4.74 Å². The lowest BCUT2D eigenvalue weighted by Gasteiger charge is -2.26. The molecule has 1 aliphatic rings. The Kier molecular flexibility index (Phi) is 7.04. The van der Waals surface area contributed by atoms with E-state index in [0.717, 1.165) is 26.1 Å². The Hall–Kier alpha value is -0.160. The summed E-state index contributed by atoms with van der Waals surface area (Å²) in [5.41, 5.74) is 5.64. The van der Waals surface area contributed by atoms with Crippen molar-refractivity contribution in [3.63, 3.8) is 0 Å². The summed E-state index contributed by atoms with van der Waals surface area (Å²) in [5, 5.41) is 0. The van der Waals surface area contributed by atoms with E-state index in [0.29, 0.717) is 18.8 Å². The molecule has 1 fully saturated rings. The summed E-state index contributed by atoms with van der Waals surface area (Å²) < 4.78 is 5.91. The number of ether oxygens (including phenoxy) is 1. The molecule has 2 N–H and O–H groups in total. The lowest BCUT2D eigenvalue weighted by Crippen LogP contribution is -2.38. The maximum atomic E-state index is 5.91. The van der Waals surface area contributed by atoms with Crippen molar-refractivity contribution in [1.82, 2.24) is 9.80 Å². The van der Waals surface area contributed by atoms with E-state index in [1.807, 2.05) is 0 Å². The minimum absolute atomic E-state index is 0.303. The molecular weight excluding hydrogens is 214 g/mol. The van der Waals surface area contributed by atoms with Crippen LogP contribution in [0.15, 0.2) is 0 Å². The predicted octanol–water partition coefficient (Wildman–Crippen LogP) is 0.766. The Labute approximate surface area is 106 Å². The second-order valence-corrected chi connectivity index (χ2v) is 5.30. The SMILES string of the molecule is CCCN(CCN(C)C)CC1CCC(CN)O1. The number of hydrogen-bond donors (Lipinski definition) is 1. The van der Waals surface area contributed by atoms with Crippen LogP contribution in [-0.4, -0.2) is 68.8 Å². The number of nitrogens with two attached hydrogens (primary N) is 1. The molecule has 102 valence electrons. The number of rotatable bonds is 8. The average molecular weight is 243 g/mol. The summed E-state index contributed by atoms with van der Waals surface area (Å²) in [4.78, 5) is 4.75. The van der Waals surface area contributed by atoms with Crippen LogP contribution < -0.4 is 5.73 Å². The summed E-state index contributed by atoms with van der Waals surface area (Å²) in [6, 6.07) is 0. The minimum atomic E-state index is 0.303. The highest BCUT2D eigenvalue weighted by molar-refractivity contribution is 4.77. The minimum Gasteiger partial charge on any atom is -0.372 e. The van der Waals surface area contributed by atoms with Gasteiger partial charge in [-0.15, -0.1) is 0 Å². The smallest absolute Gasteiger partial charge is 0.0707 e. The molecule has 0 aliphatic carbocycles. The van der Waals surface area contributed by atoms with Crippen molar-refractivity contribution < 1.29 is 4.74 Å². The van der Waals surface area contributed by atoms with Gasteiger partial charge in [-0.3, -0.25) is 4.90 Å². The fourth-order valence-corrected chi connectivity index (χ4v) is 2.33. The predicted molar refractivity (Wildman–Crippen MR) is 72.2 cm³/mol. The molecule has 0 amide bonds. The molecule has 0 bridgehead atoms. The van der Waals surface area contributed by atoms with Gasteiger partial charge in [0.2, 0.25) is 0 Å². The topological polar surface area (TPSA) is 41.7 Å². The molecule has 0 radical (unpaired) electrons. The summed E-state index contributed by atoms with van der Waals surface area (Å²) in [7, 11) is 4.25. The van der Waals surface area contributed by atoms with E-state index in [1.165, 1.54) is 19.4 Å².